The highest BCUT2D eigenvalue weighted by atomic mass is 16.5. The minimum absolute atomic E-state index is 0.174. The summed E-state index contributed by atoms with van der Waals surface area (Å²) < 4.78 is 12.9. The SMILES string of the molecule is O=C(Nc1ccc(OCC2CCCO2)cc1)c1cccc(-n2cnnc2)n1. The van der Waals surface area contributed by atoms with E-state index in [2.05, 4.69) is 20.5 Å². The van der Waals surface area contributed by atoms with E-state index in [1.807, 2.05) is 12.1 Å². The van der Waals surface area contributed by atoms with E-state index in [9.17, 15) is 4.79 Å². The Bertz CT molecular complexity index is 890. The summed E-state index contributed by atoms with van der Waals surface area (Å²) in [5.41, 5.74) is 0.973. The fourth-order valence-electron chi connectivity index (χ4n) is 2.81. The Morgan fingerprint density at radius 1 is 1.19 bits per heavy atom. The maximum absolute atomic E-state index is 12.5. The third-order valence-corrected chi connectivity index (χ3v) is 4.22. The molecule has 0 aliphatic carbocycles. The quantitative estimate of drug-likeness (QED) is 0.722. The van der Waals surface area contributed by atoms with Gasteiger partial charge in [-0.15, -0.1) is 10.2 Å². The first-order valence-electron chi connectivity index (χ1n) is 8.76. The molecule has 0 bridgehead atoms. The van der Waals surface area contributed by atoms with E-state index in [-0.39, 0.29) is 12.0 Å². The Hall–Kier alpha value is -3.26. The minimum Gasteiger partial charge on any atom is -0.491 e. The van der Waals surface area contributed by atoms with Gasteiger partial charge in [-0.05, 0) is 49.2 Å². The number of nitrogens with one attached hydrogen (secondary N) is 1. The number of anilines is 1. The second kappa shape index (κ2) is 7.96. The largest absolute Gasteiger partial charge is 0.491 e. The van der Waals surface area contributed by atoms with Gasteiger partial charge >= 0.3 is 0 Å². The van der Waals surface area contributed by atoms with Crippen LogP contribution in [0.3, 0.4) is 0 Å². The number of ether oxygens (including phenoxy) is 2. The second-order valence-electron chi connectivity index (χ2n) is 6.17. The van der Waals surface area contributed by atoms with Gasteiger partial charge in [0.15, 0.2) is 0 Å². The summed E-state index contributed by atoms with van der Waals surface area (Å²) in [6, 6.07) is 12.4. The molecule has 1 unspecified atom stereocenters. The highest BCUT2D eigenvalue weighted by molar-refractivity contribution is 6.02. The van der Waals surface area contributed by atoms with Crippen LogP contribution >= 0.6 is 0 Å². The van der Waals surface area contributed by atoms with E-state index in [0.29, 0.717) is 23.8 Å². The normalized spacial score (nSPS) is 16.2. The molecule has 1 aliphatic rings. The number of carbonyl (C=O) groups excluding carboxylic acids is 1. The van der Waals surface area contributed by atoms with Crippen LogP contribution in [0.15, 0.2) is 55.1 Å². The van der Waals surface area contributed by atoms with Crippen LogP contribution in [-0.2, 0) is 4.74 Å². The molecular weight excluding hydrogens is 346 g/mol. The molecular formula is C19H19N5O3. The summed E-state index contributed by atoms with van der Waals surface area (Å²) in [5, 5.41) is 10.3. The fourth-order valence-corrected chi connectivity index (χ4v) is 2.81. The van der Waals surface area contributed by atoms with Gasteiger partial charge in [-0.1, -0.05) is 6.07 Å². The Kier molecular flexibility index (Phi) is 5.06. The van der Waals surface area contributed by atoms with Crippen molar-refractivity contribution in [3.63, 3.8) is 0 Å². The Balaban J connectivity index is 1.37. The average Bonchev–Trinajstić information content (AvgIpc) is 3.42. The molecule has 4 rings (SSSR count). The van der Waals surface area contributed by atoms with Crippen LogP contribution in [0.4, 0.5) is 5.69 Å². The van der Waals surface area contributed by atoms with Crippen LogP contribution in [0.25, 0.3) is 5.82 Å². The third-order valence-electron chi connectivity index (χ3n) is 4.22. The van der Waals surface area contributed by atoms with Crippen LogP contribution in [-0.4, -0.2) is 45.0 Å². The van der Waals surface area contributed by atoms with Crippen LogP contribution in [0.1, 0.15) is 23.3 Å². The average molecular weight is 365 g/mol. The highest BCUT2D eigenvalue weighted by Crippen LogP contribution is 2.19. The highest BCUT2D eigenvalue weighted by Gasteiger charge is 2.16. The number of benzene rings is 1. The van der Waals surface area contributed by atoms with E-state index in [4.69, 9.17) is 9.47 Å². The molecule has 1 saturated heterocycles. The fraction of sp³-hybridized carbons (Fsp3) is 0.263. The van der Waals surface area contributed by atoms with Crippen LogP contribution in [0, 0.1) is 0 Å². The molecule has 1 fully saturated rings. The Morgan fingerprint density at radius 3 is 2.74 bits per heavy atom. The van der Waals surface area contributed by atoms with Crippen molar-refractivity contribution >= 4 is 11.6 Å². The smallest absolute Gasteiger partial charge is 0.274 e. The molecule has 1 N–H and O–H groups in total. The summed E-state index contributed by atoms with van der Waals surface area (Å²) in [6.45, 7) is 1.36. The number of hydrogen-bond acceptors (Lipinski definition) is 6. The van der Waals surface area contributed by atoms with Gasteiger partial charge in [0.1, 0.15) is 36.5 Å². The summed E-state index contributed by atoms with van der Waals surface area (Å²) in [6.07, 6.45) is 5.35. The van der Waals surface area contributed by atoms with Gasteiger partial charge in [0, 0.05) is 12.3 Å². The van der Waals surface area contributed by atoms with Gasteiger partial charge in [0.2, 0.25) is 0 Å². The van der Waals surface area contributed by atoms with Crippen LogP contribution in [0.5, 0.6) is 5.75 Å². The maximum Gasteiger partial charge on any atom is 0.274 e. The number of rotatable bonds is 6. The van der Waals surface area contributed by atoms with Crippen LogP contribution < -0.4 is 10.1 Å². The molecule has 1 aliphatic heterocycles. The van der Waals surface area contributed by atoms with E-state index >= 15 is 0 Å². The molecule has 2 aromatic heterocycles. The lowest BCUT2D eigenvalue weighted by Gasteiger charge is -2.12. The first-order valence-corrected chi connectivity index (χ1v) is 8.76. The number of pyridine rings is 1. The van der Waals surface area contributed by atoms with Gasteiger partial charge in [-0.3, -0.25) is 9.36 Å². The van der Waals surface area contributed by atoms with Crippen molar-refractivity contribution in [3.05, 3.63) is 60.8 Å². The first-order chi connectivity index (χ1) is 13.3. The molecule has 3 heterocycles. The Morgan fingerprint density at radius 2 is 2.00 bits per heavy atom. The standard InChI is InChI=1S/C19H19N5O3/c25-19(17-4-1-5-18(23-17)24-12-20-21-13-24)22-14-6-8-15(9-7-14)27-11-16-3-2-10-26-16/h1,4-9,12-13,16H,2-3,10-11H2,(H,22,25). The molecule has 8 heteroatoms. The zero-order valence-electron chi connectivity index (χ0n) is 14.6. The lowest BCUT2D eigenvalue weighted by Crippen LogP contribution is -2.16. The lowest BCUT2D eigenvalue weighted by molar-refractivity contribution is 0.0679. The predicted octanol–water partition coefficient (Wildman–Crippen LogP) is 2.47. The molecule has 1 amide bonds. The summed E-state index contributed by atoms with van der Waals surface area (Å²) in [5.74, 6) is 1.03. The molecule has 8 nitrogen and oxygen atoms in total. The third kappa shape index (κ3) is 4.29. The Labute approximate surface area is 156 Å². The molecule has 0 saturated carbocycles. The predicted molar refractivity (Wildman–Crippen MR) is 98.0 cm³/mol. The molecule has 1 atom stereocenters. The van der Waals surface area contributed by atoms with Crippen molar-refractivity contribution < 1.29 is 14.3 Å². The molecule has 138 valence electrons. The van der Waals surface area contributed by atoms with Crippen molar-refractivity contribution in [1.29, 1.82) is 0 Å². The zero-order valence-corrected chi connectivity index (χ0v) is 14.6. The monoisotopic (exact) mass is 365 g/mol. The van der Waals surface area contributed by atoms with Gasteiger partial charge < -0.3 is 14.8 Å². The van der Waals surface area contributed by atoms with E-state index in [0.717, 1.165) is 25.2 Å². The maximum atomic E-state index is 12.5. The summed E-state index contributed by atoms with van der Waals surface area (Å²) >= 11 is 0. The topological polar surface area (TPSA) is 91.2 Å². The van der Waals surface area contributed by atoms with E-state index < -0.39 is 0 Å². The number of amides is 1. The van der Waals surface area contributed by atoms with E-state index in [1.165, 1.54) is 12.7 Å². The lowest BCUT2D eigenvalue weighted by atomic mass is 10.2. The van der Waals surface area contributed by atoms with Crippen molar-refractivity contribution in [3.8, 4) is 11.6 Å². The van der Waals surface area contributed by atoms with Crippen molar-refractivity contribution in [2.24, 2.45) is 0 Å². The molecule has 1 aromatic carbocycles. The minimum atomic E-state index is -0.294. The zero-order chi connectivity index (χ0) is 18.5. The van der Waals surface area contributed by atoms with Gasteiger partial charge in [0.25, 0.3) is 5.91 Å². The molecule has 0 spiro atoms. The second-order valence-corrected chi connectivity index (χ2v) is 6.17. The van der Waals surface area contributed by atoms with Crippen molar-refractivity contribution in [2.75, 3.05) is 18.5 Å². The molecule has 3 aromatic rings. The van der Waals surface area contributed by atoms with Gasteiger partial charge in [-0.2, -0.15) is 0 Å². The number of hydrogen-bond donors (Lipinski definition) is 1. The number of aromatic nitrogens is 4. The first kappa shape index (κ1) is 17.2. The van der Waals surface area contributed by atoms with Gasteiger partial charge in [0.05, 0.1) is 6.10 Å². The number of nitrogens with zero attached hydrogens (tertiary/aromatic N) is 4. The summed E-state index contributed by atoms with van der Waals surface area (Å²) in [7, 11) is 0. The molecule has 0 radical (unpaired) electrons. The van der Waals surface area contributed by atoms with Crippen molar-refractivity contribution in [2.45, 2.75) is 18.9 Å². The molecule has 27 heavy (non-hydrogen) atoms. The van der Waals surface area contributed by atoms with E-state index in [1.54, 1.807) is 34.9 Å². The summed E-state index contributed by atoms with van der Waals surface area (Å²) in [4.78, 5) is 16.8. The van der Waals surface area contributed by atoms with Crippen LogP contribution in [0.2, 0.25) is 0 Å². The van der Waals surface area contributed by atoms with Crippen molar-refractivity contribution in [1.82, 2.24) is 19.7 Å². The number of carbonyl (C=O) groups is 1. The van der Waals surface area contributed by atoms with Gasteiger partial charge in [-0.25, -0.2) is 4.98 Å².